The molecule has 6 nitrogen and oxygen atoms in total. The Labute approximate surface area is 172 Å². The normalized spacial score (nSPS) is 16.1. The molecular weight excluding hydrogens is 388 g/mol. The first-order valence-corrected chi connectivity index (χ1v) is 10.2. The van der Waals surface area contributed by atoms with Crippen LogP contribution in [0.1, 0.15) is 17.0 Å². The van der Waals surface area contributed by atoms with Gasteiger partial charge < -0.3 is 14.5 Å². The molecule has 1 aliphatic rings. The molecule has 3 aromatic rings. The van der Waals surface area contributed by atoms with Crippen molar-refractivity contribution in [3.8, 4) is 17.2 Å². The van der Waals surface area contributed by atoms with E-state index in [1.807, 2.05) is 61.5 Å². The lowest BCUT2D eigenvalue weighted by Gasteiger charge is -2.09. The van der Waals surface area contributed by atoms with Crippen molar-refractivity contribution in [2.24, 2.45) is 0 Å². The van der Waals surface area contributed by atoms with Gasteiger partial charge in [-0.3, -0.25) is 9.59 Å². The van der Waals surface area contributed by atoms with Crippen LogP contribution in [0.15, 0.2) is 59.0 Å². The van der Waals surface area contributed by atoms with Crippen LogP contribution in [0.4, 0.5) is 4.79 Å². The van der Waals surface area contributed by atoms with Gasteiger partial charge in [0.15, 0.2) is 0 Å². The molecule has 1 fully saturated rings. The van der Waals surface area contributed by atoms with Crippen molar-refractivity contribution < 1.29 is 18.7 Å². The Hall–Kier alpha value is -3.06. The standard InChI is InChI=1S/C22H20N2O4S/c1-14-18(23-20(28-14)16-5-3-2-4-6-16)11-12-27-17-9-7-15(8-10-17)13-19-21(25)29-22(26)24-19/h2-10,19H,11-13H2,1H3,(H,24,26). The zero-order chi connectivity index (χ0) is 20.2. The molecule has 1 aliphatic heterocycles. The maximum Gasteiger partial charge on any atom is 0.287 e. The topological polar surface area (TPSA) is 81.4 Å². The summed E-state index contributed by atoms with van der Waals surface area (Å²) in [6, 6.07) is 16.9. The molecule has 1 atom stereocenters. The third-order valence-corrected chi connectivity index (χ3v) is 5.44. The van der Waals surface area contributed by atoms with Crippen molar-refractivity contribution in [2.45, 2.75) is 25.8 Å². The number of nitrogens with one attached hydrogen (secondary N) is 1. The maximum absolute atomic E-state index is 11.7. The van der Waals surface area contributed by atoms with Crippen LogP contribution in [0.2, 0.25) is 0 Å². The van der Waals surface area contributed by atoms with Crippen LogP contribution >= 0.6 is 11.8 Å². The van der Waals surface area contributed by atoms with Crippen LogP contribution < -0.4 is 10.1 Å². The van der Waals surface area contributed by atoms with Crippen LogP contribution in [0, 0.1) is 6.92 Å². The summed E-state index contributed by atoms with van der Waals surface area (Å²) in [7, 11) is 0. The zero-order valence-electron chi connectivity index (χ0n) is 15.9. The van der Waals surface area contributed by atoms with E-state index in [0.717, 1.165) is 40.1 Å². The summed E-state index contributed by atoms with van der Waals surface area (Å²) in [5, 5.41) is 2.26. The molecule has 1 saturated heterocycles. The quantitative estimate of drug-likeness (QED) is 0.632. The van der Waals surface area contributed by atoms with Crippen LogP contribution in [0.3, 0.4) is 0 Å². The monoisotopic (exact) mass is 408 g/mol. The molecule has 0 radical (unpaired) electrons. The molecule has 1 amide bonds. The number of benzene rings is 2. The predicted octanol–water partition coefficient (Wildman–Crippen LogP) is 4.17. The number of carbonyl (C=O) groups is 2. The summed E-state index contributed by atoms with van der Waals surface area (Å²) >= 11 is 0.734. The summed E-state index contributed by atoms with van der Waals surface area (Å²) in [6.45, 7) is 2.39. The van der Waals surface area contributed by atoms with Crippen molar-refractivity contribution in [3.05, 3.63) is 71.6 Å². The third kappa shape index (κ3) is 4.68. The van der Waals surface area contributed by atoms with E-state index in [1.54, 1.807) is 0 Å². The summed E-state index contributed by atoms with van der Waals surface area (Å²) in [4.78, 5) is 27.5. The second-order valence-corrected chi connectivity index (χ2v) is 7.72. The van der Waals surface area contributed by atoms with E-state index in [4.69, 9.17) is 9.15 Å². The minimum Gasteiger partial charge on any atom is -0.493 e. The predicted molar refractivity (Wildman–Crippen MR) is 111 cm³/mol. The van der Waals surface area contributed by atoms with Gasteiger partial charge in [0.05, 0.1) is 12.3 Å². The van der Waals surface area contributed by atoms with Gasteiger partial charge in [0.1, 0.15) is 17.6 Å². The Morgan fingerprint density at radius 3 is 2.55 bits per heavy atom. The minimum atomic E-state index is -0.451. The van der Waals surface area contributed by atoms with Crippen molar-refractivity contribution in [1.82, 2.24) is 10.3 Å². The van der Waals surface area contributed by atoms with Crippen molar-refractivity contribution in [2.75, 3.05) is 6.61 Å². The van der Waals surface area contributed by atoms with Gasteiger partial charge in [0.2, 0.25) is 11.0 Å². The number of oxazole rings is 1. The van der Waals surface area contributed by atoms with Gasteiger partial charge >= 0.3 is 0 Å². The Balaban J connectivity index is 1.30. The highest BCUT2D eigenvalue weighted by atomic mass is 32.2. The zero-order valence-corrected chi connectivity index (χ0v) is 16.7. The number of carbonyl (C=O) groups excluding carboxylic acids is 2. The number of ether oxygens (including phenoxy) is 1. The minimum absolute atomic E-state index is 0.131. The number of hydrogen-bond acceptors (Lipinski definition) is 6. The largest absolute Gasteiger partial charge is 0.493 e. The van der Waals surface area contributed by atoms with Gasteiger partial charge in [-0.25, -0.2) is 4.98 Å². The average Bonchev–Trinajstić information content (AvgIpc) is 3.25. The fourth-order valence-corrected chi connectivity index (χ4v) is 3.78. The maximum atomic E-state index is 11.7. The van der Waals surface area contributed by atoms with Gasteiger partial charge in [-0.2, -0.15) is 0 Å². The number of nitrogens with zero attached hydrogens (tertiary/aromatic N) is 1. The van der Waals surface area contributed by atoms with Gasteiger partial charge in [-0.05, 0) is 36.8 Å². The van der Waals surface area contributed by atoms with Crippen molar-refractivity contribution in [3.63, 3.8) is 0 Å². The van der Waals surface area contributed by atoms with Crippen LogP contribution in [-0.2, 0) is 17.6 Å². The smallest absolute Gasteiger partial charge is 0.287 e. The van der Waals surface area contributed by atoms with Crippen molar-refractivity contribution in [1.29, 1.82) is 0 Å². The number of aromatic nitrogens is 1. The van der Waals surface area contributed by atoms with E-state index in [-0.39, 0.29) is 10.4 Å². The number of hydrogen-bond donors (Lipinski definition) is 1. The van der Waals surface area contributed by atoms with Crippen LogP contribution in [-0.4, -0.2) is 28.0 Å². The van der Waals surface area contributed by atoms with E-state index in [2.05, 4.69) is 10.3 Å². The van der Waals surface area contributed by atoms with E-state index in [0.29, 0.717) is 25.3 Å². The molecule has 1 aromatic heterocycles. The lowest BCUT2D eigenvalue weighted by Crippen LogP contribution is -2.30. The van der Waals surface area contributed by atoms with Crippen LogP contribution in [0.25, 0.3) is 11.5 Å². The van der Waals surface area contributed by atoms with Crippen LogP contribution in [0.5, 0.6) is 5.75 Å². The van der Waals surface area contributed by atoms with E-state index in [9.17, 15) is 9.59 Å². The molecule has 1 N–H and O–H groups in total. The first kappa shape index (κ1) is 19.3. The number of thioether (sulfide) groups is 1. The van der Waals surface area contributed by atoms with E-state index >= 15 is 0 Å². The second kappa shape index (κ2) is 8.53. The Bertz CT molecular complexity index is 1020. The molecule has 0 spiro atoms. The molecule has 2 aromatic carbocycles. The fraction of sp³-hybridized carbons (Fsp3) is 0.227. The Kier molecular flexibility index (Phi) is 5.67. The number of aryl methyl sites for hydroxylation is 1. The number of rotatable bonds is 7. The Morgan fingerprint density at radius 2 is 1.86 bits per heavy atom. The highest BCUT2D eigenvalue weighted by Crippen LogP contribution is 2.23. The third-order valence-electron chi connectivity index (χ3n) is 4.65. The van der Waals surface area contributed by atoms with Gasteiger partial charge in [0.25, 0.3) is 5.24 Å². The first-order chi connectivity index (χ1) is 14.1. The lowest BCUT2D eigenvalue weighted by atomic mass is 10.1. The molecular formula is C22H20N2O4S. The van der Waals surface area contributed by atoms with E-state index in [1.165, 1.54) is 0 Å². The summed E-state index contributed by atoms with van der Waals surface area (Å²) in [5.74, 6) is 2.16. The van der Waals surface area contributed by atoms with E-state index < -0.39 is 6.04 Å². The highest BCUT2D eigenvalue weighted by Gasteiger charge is 2.31. The molecule has 7 heteroatoms. The van der Waals surface area contributed by atoms with Gasteiger partial charge in [-0.15, -0.1) is 0 Å². The molecule has 0 aliphatic carbocycles. The summed E-state index contributed by atoms with van der Waals surface area (Å²) in [5.41, 5.74) is 2.81. The van der Waals surface area contributed by atoms with Gasteiger partial charge in [-0.1, -0.05) is 30.3 Å². The molecule has 2 heterocycles. The molecule has 0 saturated carbocycles. The molecule has 0 bridgehead atoms. The first-order valence-electron chi connectivity index (χ1n) is 9.34. The lowest BCUT2D eigenvalue weighted by molar-refractivity contribution is -0.112. The van der Waals surface area contributed by atoms with Gasteiger partial charge in [0, 0.05) is 30.2 Å². The molecule has 1 unspecified atom stereocenters. The SMILES string of the molecule is Cc1oc(-c2ccccc2)nc1CCOc1ccc(CC2NC(=O)SC2=O)cc1. The second-order valence-electron chi connectivity index (χ2n) is 6.74. The average molecular weight is 408 g/mol. The molecule has 29 heavy (non-hydrogen) atoms. The van der Waals surface area contributed by atoms with Crippen molar-refractivity contribution >= 4 is 22.1 Å². The fourth-order valence-electron chi connectivity index (χ4n) is 3.11. The number of amides is 1. The molecule has 148 valence electrons. The summed E-state index contributed by atoms with van der Waals surface area (Å²) < 4.78 is 11.6. The summed E-state index contributed by atoms with van der Waals surface area (Å²) in [6.07, 6.45) is 1.13. The molecule has 4 rings (SSSR count). The Morgan fingerprint density at radius 1 is 1.10 bits per heavy atom. The highest BCUT2D eigenvalue weighted by molar-refractivity contribution is 8.26.